The predicted octanol–water partition coefficient (Wildman–Crippen LogP) is 4.49. The molecule has 2 nitrogen and oxygen atoms in total. The SMILES string of the molecule is CCCCCCN(CCCCCC)C(=S)NC1CC1. The minimum Gasteiger partial charge on any atom is -0.360 e. The van der Waals surface area contributed by atoms with E-state index in [4.69, 9.17) is 12.2 Å². The lowest BCUT2D eigenvalue weighted by Crippen LogP contribution is -2.41. The maximum absolute atomic E-state index is 5.56. The summed E-state index contributed by atoms with van der Waals surface area (Å²) in [6, 6.07) is 0.682. The number of nitrogens with zero attached hydrogens (tertiary/aromatic N) is 1. The summed E-state index contributed by atoms with van der Waals surface area (Å²) >= 11 is 5.56. The van der Waals surface area contributed by atoms with Crippen LogP contribution in [-0.4, -0.2) is 29.1 Å². The molecular formula is C16H32N2S. The Labute approximate surface area is 125 Å². The molecule has 1 aliphatic rings. The topological polar surface area (TPSA) is 15.3 Å². The molecule has 0 unspecified atom stereocenters. The van der Waals surface area contributed by atoms with Crippen LogP contribution in [0.5, 0.6) is 0 Å². The second-order valence-corrected chi connectivity index (χ2v) is 6.22. The molecule has 0 saturated heterocycles. The molecule has 0 heterocycles. The van der Waals surface area contributed by atoms with Gasteiger partial charge >= 0.3 is 0 Å². The first-order chi connectivity index (χ1) is 9.27. The van der Waals surface area contributed by atoms with Crippen LogP contribution in [0.25, 0.3) is 0 Å². The summed E-state index contributed by atoms with van der Waals surface area (Å²) in [5, 5.41) is 4.50. The highest BCUT2D eigenvalue weighted by Gasteiger charge is 2.23. The average molecular weight is 285 g/mol. The van der Waals surface area contributed by atoms with Crippen molar-refractivity contribution in [2.24, 2.45) is 0 Å². The number of thiocarbonyl (C=S) groups is 1. The van der Waals surface area contributed by atoms with Gasteiger partial charge in [-0.15, -0.1) is 0 Å². The molecule has 0 amide bonds. The molecule has 0 spiro atoms. The second kappa shape index (κ2) is 10.5. The quantitative estimate of drug-likeness (QED) is 0.445. The van der Waals surface area contributed by atoms with Crippen LogP contribution in [0.3, 0.4) is 0 Å². The standard InChI is InChI=1S/C16H32N2S/c1-3-5-7-9-13-18(14-10-8-6-4-2)16(19)17-15-11-12-15/h15H,3-14H2,1-2H3,(H,17,19). The van der Waals surface area contributed by atoms with E-state index in [1.54, 1.807) is 0 Å². The molecule has 1 aliphatic carbocycles. The molecule has 1 N–H and O–H groups in total. The maximum atomic E-state index is 5.56. The minimum absolute atomic E-state index is 0.682. The van der Waals surface area contributed by atoms with Gasteiger partial charge in [-0.3, -0.25) is 0 Å². The molecule has 0 aliphatic heterocycles. The zero-order valence-electron chi connectivity index (χ0n) is 12.9. The Bertz CT molecular complexity index is 227. The Morgan fingerprint density at radius 1 is 0.947 bits per heavy atom. The van der Waals surface area contributed by atoms with E-state index in [0.29, 0.717) is 6.04 Å². The molecule has 1 rings (SSSR count). The van der Waals surface area contributed by atoms with Crippen molar-refractivity contribution >= 4 is 17.3 Å². The third-order valence-corrected chi connectivity index (χ3v) is 4.13. The summed E-state index contributed by atoms with van der Waals surface area (Å²) in [5.41, 5.74) is 0. The van der Waals surface area contributed by atoms with E-state index < -0.39 is 0 Å². The van der Waals surface area contributed by atoms with Gasteiger partial charge in [0.1, 0.15) is 0 Å². The zero-order valence-corrected chi connectivity index (χ0v) is 13.7. The first kappa shape index (κ1) is 16.7. The normalized spacial score (nSPS) is 14.4. The zero-order chi connectivity index (χ0) is 13.9. The molecule has 112 valence electrons. The van der Waals surface area contributed by atoms with Gasteiger partial charge in [0.15, 0.2) is 5.11 Å². The Balaban J connectivity index is 2.21. The summed E-state index contributed by atoms with van der Waals surface area (Å²) < 4.78 is 0. The summed E-state index contributed by atoms with van der Waals surface area (Å²) in [5.74, 6) is 0. The molecule has 0 atom stereocenters. The van der Waals surface area contributed by atoms with Crippen molar-refractivity contribution < 1.29 is 0 Å². The number of nitrogens with one attached hydrogen (secondary N) is 1. The highest BCUT2D eigenvalue weighted by Crippen LogP contribution is 2.19. The van der Waals surface area contributed by atoms with Crippen molar-refractivity contribution in [3.8, 4) is 0 Å². The van der Waals surface area contributed by atoms with Crippen LogP contribution in [0.15, 0.2) is 0 Å². The van der Waals surface area contributed by atoms with E-state index >= 15 is 0 Å². The monoisotopic (exact) mass is 284 g/mol. The molecule has 1 saturated carbocycles. The van der Waals surface area contributed by atoms with Crippen LogP contribution in [0.2, 0.25) is 0 Å². The van der Waals surface area contributed by atoms with E-state index in [0.717, 1.165) is 18.2 Å². The fourth-order valence-electron chi connectivity index (χ4n) is 2.27. The Morgan fingerprint density at radius 2 is 1.47 bits per heavy atom. The molecule has 3 heteroatoms. The highest BCUT2D eigenvalue weighted by molar-refractivity contribution is 7.80. The lowest BCUT2D eigenvalue weighted by atomic mass is 10.2. The molecule has 0 aromatic rings. The summed E-state index contributed by atoms with van der Waals surface area (Å²) in [7, 11) is 0. The molecule has 1 fully saturated rings. The van der Waals surface area contributed by atoms with Gasteiger partial charge < -0.3 is 10.2 Å². The van der Waals surface area contributed by atoms with E-state index in [1.807, 2.05) is 0 Å². The van der Waals surface area contributed by atoms with Crippen molar-refractivity contribution in [2.45, 2.75) is 84.1 Å². The number of hydrogen-bond acceptors (Lipinski definition) is 1. The van der Waals surface area contributed by atoms with Crippen LogP contribution < -0.4 is 5.32 Å². The third kappa shape index (κ3) is 8.46. The van der Waals surface area contributed by atoms with Crippen molar-refractivity contribution in [1.29, 1.82) is 0 Å². The van der Waals surface area contributed by atoms with Crippen LogP contribution in [0, 0.1) is 0 Å². The fraction of sp³-hybridized carbons (Fsp3) is 0.938. The molecule has 0 bridgehead atoms. The second-order valence-electron chi connectivity index (χ2n) is 5.83. The van der Waals surface area contributed by atoms with Crippen molar-refractivity contribution in [2.75, 3.05) is 13.1 Å². The van der Waals surface area contributed by atoms with Gasteiger partial charge in [-0.25, -0.2) is 0 Å². The minimum atomic E-state index is 0.682. The average Bonchev–Trinajstić information content (AvgIpc) is 3.20. The molecule has 0 radical (unpaired) electrons. The van der Waals surface area contributed by atoms with Gasteiger partial charge in [0.25, 0.3) is 0 Å². The largest absolute Gasteiger partial charge is 0.360 e. The van der Waals surface area contributed by atoms with Gasteiger partial charge in [0, 0.05) is 19.1 Å². The predicted molar refractivity (Wildman–Crippen MR) is 88.6 cm³/mol. The van der Waals surface area contributed by atoms with Gasteiger partial charge in [-0.05, 0) is 37.9 Å². The number of rotatable bonds is 11. The lowest BCUT2D eigenvalue weighted by Gasteiger charge is -2.26. The summed E-state index contributed by atoms with van der Waals surface area (Å²) in [6.07, 6.45) is 13.2. The van der Waals surface area contributed by atoms with Gasteiger partial charge in [0.2, 0.25) is 0 Å². The first-order valence-electron chi connectivity index (χ1n) is 8.33. The fourth-order valence-corrected chi connectivity index (χ4v) is 2.62. The summed E-state index contributed by atoms with van der Waals surface area (Å²) in [6.45, 7) is 6.82. The first-order valence-corrected chi connectivity index (χ1v) is 8.74. The lowest BCUT2D eigenvalue weighted by molar-refractivity contribution is 0.381. The Kier molecular flexibility index (Phi) is 9.23. The van der Waals surface area contributed by atoms with Crippen LogP contribution in [0.4, 0.5) is 0 Å². The van der Waals surface area contributed by atoms with Crippen molar-refractivity contribution in [3.63, 3.8) is 0 Å². The van der Waals surface area contributed by atoms with Crippen molar-refractivity contribution in [3.05, 3.63) is 0 Å². The van der Waals surface area contributed by atoms with E-state index in [9.17, 15) is 0 Å². The van der Waals surface area contributed by atoms with Crippen LogP contribution in [0.1, 0.15) is 78.1 Å². The van der Waals surface area contributed by atoms with Crippen molar-refractivity contribution in [1.82, 2.24) is 10.2 Å². The van der Waals surface area contributed by atoms with Gasteiger partial charge in [-0.2, -0.15) is 0 Å². The van der Waals surface area contributed by atoms with E-state index in [1.165, 1.54) is 64.2 Å². The van der Waals surface area contributed by atoms with Gasteiger partial charge in [-0.1, -0.05) is 52.4 Å². The summed E-state index contributed by atoms with van der Waals surface area (Å²) in [4.78, 5) is 2.42. The van der Waals surface area contributed by atoms with E-state index in [2.05, 4.69) is 24.1 Å². The number of unbranched alkanes of at least 4 members (excludes halogenated alkanes) is 6. The third-order valence-electron chi connectivity index (χ3n) is 3.76. The molecule has 0 aromatic heterocycles. The molecule has 19 heavy (non-hydrogen) atoms. The Morgan fingerprint density at radius 3 is 1.89 bits per heavy atom. The van der Waals surface area contributed by atoms with Crippen LogP contribution >= 0.6 is 12.2 Å². The molecular weight excluding hydrogens is 252 g/mol. The number of hydrogen-bond donors (Lipinski definition) is 1. The highest BCUT2D eigenvalue weighted by atomic mass is 32.1. The Hall–Kier alpha value is -0.310. The molecule has 0 aromatic carbocycles. The smallest absolute Gasteiger partial charge is 0.169 e. The maximum Gasteiger partial charge on any atom is 0.169 e. The van der Waals surface area contributed by atoms with E-state index in [-0.39, 0.29) is 0 Å². The van der Waals surface area contributed by atoms with Gasteiger partial charge in [0.05, 0.1) is 0 Å². The van der Waals surface area contributed by atoms with Crippen LogP contribution in [-0.2, 0) is 0 Å².